The minimum atomic E-state index is -4.40. The summed E-state index contributed by atoms with van der Waals surface area (Å²) >= 11 is 0. The number of hydrogen-bond donors (Lipinski definition) is 2. The number of ether oxygens (including phenoxy) is 2. The maximum absolute atomic E-state index is 12.8. The molecule has 488 valence electrons. The van der Waals surface area contributed by atoms with Gasteiger partial charge in [0, 0.05) is 19.4 Å². The monoisotopic (exact) mass is 1200 g/mol. The normalized spacial score (nSPS) is 13.7. The Hall–Kier alpha value is -3.59. The van der Waals surface area contributed by atoms with Gasteiger partial charge >= 0.3 is 19.8 Å². The molecule has 85 heavy (non-hydrogen) atoms. The van der Waals surface area contributed by atoms with Gasteiger partial charge in [-0.25, -0.2) is 4.57 Å². The Balaban J connectivity index is 3.97. The van der Waals surface area contributed by atoms with E-state index in [1.807, 2.05) is 0 Å². The third-order valence-corrected chi connectivity index (χ3v) is 15.8. The molecule has 0 aliphatic heterocycles. The molecule has 0 radical (unpaired) electrons. The van der Waals surface area contributed by atoms with Gasteiger partial charge in [-0.1, -0.05) is 328 Å². The number of phosphoric ester groups is 1. The van der Waals surface area contributed by atoms with E-state index in [-0.39, 0.29) is 38.6 Å². The Labute approximate surface area is 523 Å². The Morgan fingerprint density at radius 3 is 0.965 bits per heavy atom. The van der Waals surface area contributed by atoms with Gasteiger partial charge in [-0.15, -0.1) is 0 Å². The van der Waals surface area contributed by atoms with Crippen molar-refractivity contribution in [3.8, 4) is 0 Å². The summed E-state index contributed by atoms with van der Waals surface area (Å²) in [5, 5.41) is 0. The highest BCUT2D eigenvalue weighted by Crippen LogP contribution is 2.43. The zero-order valence-corrected chi connectivity index (χ0v) is 55.7. The van der Waals surface area contributed by atoms with E-state index in [2.05, 4.69) is 135 Å². The van der Waals surface area contributed by atoms with Crippen molar-refractivity contribution in [1.82, 2.24) is 0 Å². The number of carbonyl (C=O) groups excluding carboxylic acids is 2. The second-order valence-electron chi connectivity index (χ2n) is 23.0. The van der Waals surface area contributed by atoms with Crippen LogP contribution in [0.2, 0.25) is 0 Å². The van der Waals surface area contributed by atoms with Crippen LogP contribution in [0.5, 0.6) is 0 Å². The number of nitrogens with two attached hydrogens (primary N) is 1. The molecule has 0 saturated heterocycles. The number of carbonyl (C=O) groups is 2. The summed E-state index contributed by atoms with van der Waals surface area (Å²) in [6.45, 7) is 3.64. The molecule has 9 nitrogen and oxygen atoms in total. The summed E-state index contributed by atoms with van der Waals surface area (Å²) < 4.78 is 33.2. The van der Waals surface area contributed by atoms with Crippen LogP contribution in [-0.2, 0) is 32.7 Å². The predicted octanol–water partition coefficient (Wildman–Crippen LogP) is 23.1. The van der Waals surface area contributed by atoms with Gasteiger partial charge in [-0.3, -0.25) is 18.6 Å². The van der Waals surface area contributed by atoms with Gasteiger partial charge in [-0.2, -0.15) is 0 Å². The molecule has 0 saturated carbocycles. The van der Waals surface area contributed by atoms with Crippen molar-refractivity contribution in [2.45, 2.75) is 315 Å². The van der Waals surface area contributed by atoms with Crippen LogP contribution in [0, 0.1) is 0 Å². The van der Waals surface area contributed by atoms with Crippen molar-refractivity contribution in [2.75, 3.05) is 26.4 Å². The van der Waals surface area contributed by atoms with Gasteiger partial charge in [-0.05, 0) is 89.9 Å². The number of unbranched alkanes of at least 4 members (excludes halogenated alkanes) is 32. The molecular weight excluding hydrogens is 1070 g/mol. The summed E-state index contributed by atoms with van der Waals surface area (Å²) in [4.78, 5) is 35.3. The molecule has 0 aromatic rings. The lowest BCUT2D eigenvalue weighted by atomic mass is 10.0. The molecule has 10 heteroatoms. The van der Waals surface area contributed by atoms with Crippen LogP contribution < -0.4 is 5.73 Å². The maximum Gasteiger partial charge on any atom is 0.472 e. The van der Waals surface area contributed by atoms with Gasteiger partial charge in [0.05, 0.1) is 13.2 Å². The summed E-state index contributed by atoms with van der Waals surface area (Å²) in [6.07, 6.45) is 97.2. The van der Waals surface area contributed by atoms with E-state index in [0.717, 1.165) is 122 Å². The topological polar surface area (TPSA) is 134 Å². The number of esters is 2. The molecule has 0 rings (SSSR count). The molecule has 0 aromatic carbocycles. The second-order valence-corrected chi connectivity index (χ2v) is 24.5. The minimum Gasteiger partial charge on any atom is -0.462 e. The molecule has 0 fully saturated rings. The van der Waals surface area contributed by atoms with E-state index in [1.165, 1.54) is 154 Å². The van der Waals surface area contributed by atoms with E-state index < -0.39 is 26.5 Å². The highest BCUT2D eigenvalue weighted by Gasteiger charge is 2.26. The molecule has 0 spiro atoms. The molecule has 0 aromatic heterocycles. The fourth-order valence-electron chi connectivity index (χ4n) is 9.73. The van der Waals surface area contributed by atoms with Crippen LogP contribution in [-0.4, -0.2) is 49.3 Å². The van der Waals surface area contributed by atoms with E-state index in [1.54, 1.807) is 0 Å². The SMILES string of the molecule is CC/C=C\C/C=C\C/C=C\C/C=C\C/C=C\C/C=C\C/C=C\C/C=C\C/C=C\C/C=C\CCCCCCCCC(=O)OC(COC(=O)CCCCCCCCCCCCCCCCCCCCCCCCCCCCC)COP(=O)(O)OCCN. The van der Waals surface area contributed by atoms with Gasteiger partial charge in [0.2, 0.25) is 0 Å². The quantitative estimate of drug-likeness (QED) is 0.0264. The summed E-state index contributed by atoms with van der Waals surface area (Å²) in [5.74, 6) is -0.840. The first kappa shape index (κ1) is 81.4. The number of phosphoric acid groups is 1. The van der Waals surface area contributed by atoms with Crippen LogP contribution in [0.3, 0.4) is 0 Å². The molecule has 2 atom stereocenters. The molecule has 3 N–H and O–H groups in total. The average molecular weight is 1200 g/mol. The smallest absolute Gasteiger partial charge is 0.462 e. The van der Waals surface area contributed by atoms with E-state index in [9.17, 15) is 19.0 Å². The van der Waals surface area contributed by atoms with Crippen LogP contribution >= 0.6 is 7.82 Å². The van der Waals surface area contributed by atoms with Crippen LogP contribution in [0.4, 0.5) is 0 Å². The van der Waals surface area contributed by atoms with E-state index >= 15 is 0 Å². The molecule has 0 aliphatic rings. The van der Waals surface area contributed by atoms with Crippen LogP contribution in [0.25, 0.3) is 0 Å². The average Bonchev–Trinajstić information content (AvgIpc) is 3.52. The van der Waals surface area contributed by atoms with Crippen LogP contribution in [0.15, 0.2) is 122 Å². The summed E-state index contributed by atoms with van der Waals surface area (Å²) in [7, 11) is -4.40. The van der Waals surface area contributed by atoms with Gasteiger partial charge < -0.3 is 20.1 Å². The van der Waals surface area contributed by atoms with Crippen molar-refractivity contribution in [3.05, 3.63) is 122 Å². The largest absolute Gasteiger partial charge is 0.472 e. The lowest BCUT2D eigenvalue weighted by Crippen LogP contribution is -2.29. The molecule has 0 bridgehead atoms. The minimum absolute atomic E-state index is 0.0464. The fourth-order valence-corrected chi connectivity index (χ4v) is 10.5. The first-order chi connectivity index (χ1) is 41.8. The lowest BCUT2D eigenvalue weighted by molar-refractivity contribution is -0.161. The third-order valence-electron chi connectivity index (χ3n) is 14.9. The van der Waals surface area contributed by atoms with Crippen molar-refractivity contribution in [3.63, 3.8) is 0 Å². The van der Waals surface area contributed by atoms with Gasteiger partial charge in [0.1, 0.15) is 6.61 Å². The maximum atomic E-state index is 12.8. The molecular formula is C75H130NO8P. The van der Waals surface area contributed by atoms with Crippen LogP contribution in [0.1, 0.15) is 309 Å². The fraction of sp³-hybridized carbons (Fsp3) is 0.707. The molecule has 0 aliphatic carbocycles. The second kappa shape index (κ2) is 69.5. The zero-order chi connectivity index (χ0) is 61.6. The van der Waals surface area contributed by atoms with E-state index in [4.69, 9.17) is 24.3 Å². The zero-order valence-electron chi connectivity index (χ0n) is 54.8. The Kier molecular flexibility index (Phi) is 66.6. The molecule has 2 unspecified atom stereocenters. The van der Waals surface area contributed by atoms with Crippen molar-refractivity contribution in [2.24, 2.45) is 5.73 Å². The van der Waals surface area contributed by atoms with Gasteiger partial charge in [0.15, 0.2) is 6.10 Å². The predicted molar refractivity (Wildman–Crippen MR) is 367 cm³/mol. The number of hydrogen-bond acceptors (Lipinski definition) is 8. The third kappa shape index (κ3) is 69.4. The Bertz CT molecular complexity index is 1810. The number of allylic oxidation sites excluding steroid dienone is 20. The van der Waals surface area contributed by atoms with Gasteiger partial charge in [0.25, 0.3) is 0 Å². The number of rotatable bonds is 65. The first-order valence-corrected chi connectivity index (χ1v) is 36.5. The summed E-state index contributed by atoms with van der Waals surface area (Å²) in [5.41, 5.74) is 5.40. The molecule has 0 amide bonds. The highest BCUT2D eigenvalue weighted by atomic mass is 31.2. The van der Waals surface area contributed by atoms with E-state index in [0.29, 0.717) is 6.42 Å². The standard InChI is InChI=1S/C75H130NO8P/c1-3-5-7-9-11-13-15-17-19-21-23-25-27-29-31-32-33-34-35-36-37-38-39-40-42-44-46-48-50-52-54-56-58-60-62-64-66-68-75(78)84-73(72-83-85(79,80)82-70-69-76)71-81-74(77)67-65-63-61-59-57-55-53-51-49-47-45-43-41-30-28-26-24-22-20-18-16-14-12-10-8-6-4-2/h5,7,11,13,17,19,23,25,29,31,33-34,36-37,39-40,44,46,50,52,73H,3-4,6,8-10,12,14-16,18,20-22,24,26-28,30,32,35,38,41-43,45,47-49,51,53-72,76H2,1-2H3,(H,79,80)/b7-5-,13-11-,19-17-,25-23-,31-29-,34-33-,37-36-,40-39-,46-44-,52-50-. The Morgan fingerprint density at radius 2 is 0.647 bits per heavy atom. The highest BCUT2D eigenvalue weighted by molar-refractivity contribution is 7.47. The Morgan fingerprint density at radius 1 is 0.365 bits per heavy atom. The lowest BCUT2D eigenvalue weighted by Gasteiger charge is -2.19. The van der Waals surface area contributed by atoms with Crippen molar-refractivity contribution in [1.29, 1.82) is 0 Å². The summed E-state index contributed by atoms with van der Waals surface area (Å²) in [6, 6.07) is 0. The van der Waals surface area contributed by atoms with Crippen molar-refractivity contribution >= 4 is 19.8 Å². The first-order valence-electron chi connectivity index (χ1n) is 35.0. The van der Waals surface area contributed by atoms with Crippen molar-refractivity contribution < 1.29 is 37.6 Å². The molecule has 0 heterocycles.